The molecule has 1 aliphatic rings. The van der Waals surface area contributed by atoms with Gasteiger partial charge in [0.15, 0.2) is 0 Å². The minimum atomic E-state index is -0.944. The lowest BCUT2D eigenvalue weighted by Gasteiger charge is -1.99. The summed E-state index contributed by atoms with van der Waals surface area (Å²) < 4.78 is 0. The van der Waals surface area contributed by atoms with Crippen LogP contribution in [0.4, 0.5) is 0 Å². The fourth-order valence-corrected chi connectivity index (χ4v) is 0.799. The summed E-state index contributed by atoms with van der Waals surface area (Å²) in [5.41, 5.74) is 0. The zero-order valence-corrected chi connectivity index (χ0v) is 6.17. The van der Waals surface area contributed by atoms with Gasteiger partial charge in [0.1, 0.15) is 6.04 Å². The highest BCUT2D eigenvalue weighted by Crippen LogP contribution is 2.05. The van der Waals surface area contributed by atoms with E-state index in [0.717, 1.165) is 0 Å². The van der Waals surface area contributed by atoms with Crippen LogP contribution in [0.3, 0.4) is 0 Å². The van der Waals surface area contributed by atoms with Gasteiger partial charge in [-0.2, -0.15) is 0 Å². The van der Waals surface area contributed by atoms with Crippen molar-refractivity contribution in [2.45, 2.75) is 18.9 Å². The third-order valence-corrected chi connectivity index (χ3v) is 1.29. The zero-order chi connectivity index (χ0) is 8.85. The van der Waals surface area contributed by atoms with Gasteiger partial charge in [-0.15, -0.1) is 13.2 Å². The minimum Gasteiger partial charge on any atom is -0.480 e. The van der Waals surface area contributed by atoms with Gasteiger partial charge in [0.05, 0.1) is 0 Å². The van der Waals surface area contributed by atoms with E-state index in [4.69, 9.17) is 5.11 Å². The van der Waals surface area contributed by atoms with E-state index in [-0.39, 0.29) is 5.91 Å². The topological polar surface area (TPSA) is 66.4 Å². The first kappa shape index (κ1) is 9.68. The fraction of sp³-hybridized carbons (Fsp3) is 0.429. The van der Waals surface area contributed by atoms with Gasteiger partial charge >= 0.3 is 5.97 Å². The average Bonchev–Trinajstić information content (AvgIpc) is 2.40. The molecule has 0 bridgehead atoms. The first-order chi connectivity index (χ1) is 5.20. The quantitative estimate of drug-likeness (QED) is 0.532. The molecule has 0 radical (unpaired) electrons. The Bertz CT molecular complexity index is 167. The summed E-state index contributed by atoms with van der Waals surface area (Å²) in [7, 11) is 0. The van der Waals surface area contributed by atoms with Crippen LogP contribution in [0.15, 0.2) is 13.2 Å². The van der Waals surface area contributed by atoms with Gasteiger partial charge in [0.2, 0.25) is 5.91 Å². The number of carbonyl (C=O) groups is 2. The van der Waals surface area contributed by atoms with Gasteiger partial charge in [-0.25, -0.2) is 4.79 Å². The van der Waals surface area contributed by atoms with Crippen LogP contribution in [0.1, 0.15) is 12.8 Å². The second-order valence-electron chi connectivity index (χ2n) is 2.00. The molecule has 0 aliphatic carbocycles. The van der Waals surface area contributed by atoms with E-state index in [1.165, 1.54) is 0 Å². The summed E-state index contributed by atoms with van der Waals surface area (Å²) in [5, 5.41) is 10.6. The Morgan fingerprint density at radius 1 is 1.64 bits per heavy atom. The maximum atomic E-state index is 10.4. The second kappa shape index (κ2) is 4.49. The van der Waals surface area contributed by atoms with Crippen molar-refractivity contribution in [3.8, 4) is 0 Å². The summed E-state index contributed by atoms with van der Waals surface area (Å²) in [6, 6.07) is -0.641. The summed E-state index contributed by atoms with van der Waals surface area (Å²) in [6.07, 6.45) is 0.769. The molecule has 0 saturated carbocycles. The van der Waals surface area contributed by atoms with Crippen LogP contribution in [0.5, 0.6) is 0 Å². The lowest BCUT2D eigenvalue weighted by atomic mass is 10.2. The van der Waals surface area contributed by atoms with Crippen LogP contribution in [0.25, 0.3) is 0 Å². The molecule has 1 fully saturated rings. The predicted molar refractivity (Wildman–Crippen MR) is 40.1 cm³/mol. The Hall–Kier alpha value is -1.32. The molecule has 0 aromatic rings. The first-order valence-corrected chi connectivity index (χ1v) is 3.22. The van der Waals surface area contributed by atoms with Crippen molar-refractivity contribution in [2.75, 3.05) is 0 Å². The molecule has 1 heterocycles. The number of carboxylic acid groups (broad SMARTS) is 1. The summed E-state index contributed by atoms with van der Waals surface area (Å²) in [6.45, 7) is 6.00. The van der Waals surface area contributed by atoms with Crippen LogP contribution >= 0.6 is 0 Å². The summed E-state index contributed by atoms with van der Waals surface area (Å²) >= 11 is 0. The van der Waals surface area contributed by atoms with E-state index in [2.05, 4.69) is 18.5 Å². The predicted octanol–water partition coefficient (Wildman–Crippen LogP) is 0.152. The first-order valence-electron chi connectivity index (χ1n) is 3.22. The highest BCUT2D eigenvalue weighted by atomic mass is 16.4. The number of rotatable bonds is 1. The Kier molecular flexibility index (Phi) is 3.95. The molecule has 1 saturated heterocycles. The van der Waals surface area contributed by atoms with Crippen LogP contribution in [-0.2, 0) is 9.59 Å². The van der Waals surface area contributed by atoms with E-state index in [1.54, 1.807) is 0 Å². The molecule has 0 aromatic carbocycles. The van der Waals surface area contributed by atoms with Crippen LogP contribution < -0.4 is 5.32 Å². The maximum absolute atomic E-state index is 10.4. The second-order valence-corrected chi connectivity index (χ2v) is 2.00. The molecule has 1 amide bonds. The van der Waals surface area contributed by atoms with Crippen molar-refractivity contribution in [1.29, 1.82) is 0 Å². The molecular formula is C7H11NO3. The van der Waals surface area contributed by atoms with Crippen LogP contribution in [0, 0.1) is 0 Å². The van der Waals surface area contributed by atoms with Crippen molar-refractivity contribution in [1.82, 2.24) is 5.32 Å². The number of amides is 1. The minimum absolute atomic E-state index is 0.164. The molecule has 1 aliphatic heterocycles. The summed E-state index contributed by atoms with van der Waals surface area (Å²) in [4.78, 5) is 20.5. The van der Waals surface area contributed by atoms with Gasteiger partial charge in [-0.3, -0.25) is 4.79 Å². The Balaban J connectivity index is 0.000000461. The molecular weight excluding hydrogens is 146 g/mol. The largest absolute Gasteiger partial charge is 0.480 e. The molecule has 1 rings (SSSR count). The molecule has 4 heteroatoms. The van der Waals surface area contributed by atoms with Crippen LogP contribution in [-0.4, -0.2) is 23.0 Å². The van der Waals surface area contributed by atoms with Gasteiger partial charge in [0, 0.05) is 6.42 Å². The van der Waals surface area contributed by atoms with Gasteiger partial charge < -0.3 is 10.4 Å². The molecule has 11 heavy (non-hydrogen) atoms. The molecule has 62 valence electrons. The van der Waals surface area contributed by atoms with E-state index in [0.29, 0.717) is 12.8 Å². The van der Waals surface area contributed by atoms with E-state index in [9.17, 15) is 9.59 Å². The van der Waals surface area contributed by atoms with Gasteiger partial charge in [-0.1, -0.05) is 0 Å². The lowest BCUT2D eigenvalue weighted by Crippen LogP contribution is -2.32. The monoisotopic (exact) mass is 157 g/mol. The normalized spacial score (nSPS) is 21.5. The third kappa shape index (κ3) is 2.84. The number of nitrogens with one attached hydrogen (secondary N) is 1. The van der Waals surface area contributed by atoms with Gasteiger partial charge in [0.25, 0.3) is 0 Å². The molecule has 1 unspecified atom stereocenters. The van der Waals surface area contributed by atoms with Crippen LogP contribution in [0.2, 0.25) is 0 Å². The molecule has 2 N–H and O–H groups in total. The molecule has 4 nitrogen and oxygen atoms in total. The third-order valence-electron chi connectivity index (χ3n) is 1.29. The molecule has 0 aromatic heterocycles. The van der Waals surface area contributed by atoms with E-state index in [1.807, 2.05) is 0 Å². The number of hydrogen-bond acceptors (Lipinski definition) is 2. The van der Waals surface area contributed by atoms with E-state index < -0.39 is 12.0 Å². The highest BCUT2D eigenvalue weighted by molar-refractivity contribution is 5.87. The zero-order valence-electron chi connectivity index (χ0n) is 6.17. The van der Waals surface area contributed by atoms with E-state index >= 15 is 0 Å². The van der Waals surface area contributed by atoms with Crippen molar-refractivity contribution in [3.05, 3.63) is 13.2 Å². The Morgan fingerprint density at radius 2 is 2.18 bits per heavy atom. The Labute approximate surface area is 64.9 Å². The van der Waals surface area contributed by atoms with Crippen molar-refractivity contribution >= 4 is 11.9 Å². The van der Waals surface area contributed by atoms with Crippen molar-refractivity contribution < 1.29 is 14.7 Å². The smallest absolute Gasteiger partial charge is 0.326 e. The van der Waals surface area contributed by atoms with Gasteiger partial charge in [-0.05, 0) is 6.42 Å². The highest BCUT2D eigenvalue weighted by Gasteiger charge is 2.26. The molecule has 1 atom stereocenters. The Morgan fingerprint density at radius 3 is 2.36 bits per heavy atom. The van der Waals surface area contributed by atoms with Crippen molar-refractivity contribution in [3.63, 3.8) is 0 Å². The summed E-state index contributed by atoms with van der Waals surface area (Å²) in [5.74, 6) is -1.11. The number of aliphatic carboxylic acids is 1. The van der Waals surface area contributed by atoms with Crippen molar-refractivity contribution in [2.24, 2.45) is 0 Å². The average molecular weight is 157 g/mol. The number of carboxylic acids is 1. The maximum Gasteiger partial charge on any atom is 0.326 e. The number of carbonyl (C=O) groups excluding carboxylic acids is 1. The lowest BCUT2D eigenvalue weighted by molar-refractivity contribution is -0.140. The molecule has 0 spiro atoms. The fourth-order valence-electron chi connectivity index (χ4n) is 0.799. The SMILES string of the molecule is C=C.O=C1CCC(C(=O)O)N1. The standard InChI is InChI=1S/C5H7NO3.C2H4/c7-4-2-1-3(6-4)5(8)9;1-2/h3H,1-2H2,(H,6,7)(H,8,9);1-2H2. The number of hydrogen-bond donors (Lipinski definition) is 2.